The number of hydrogen-bond donors (Lipinski definition) is 0. The Morgan fingerprint density at radius 1 is 1.36 bits per heavy atom. The summed E-state index contributed by atoms with van der Waals surface area (Å²) in [6.07, 6.45) is 4.02. The minimum atomic E-state index is 0.152. The average molecular weight is 187 g/mol. The van der Waals surface area contributed by atoms with E-state index in [1.807, 2.05) is 11.9 Å². The molecule has 0 amide bonds. The number of amidine groups is 1. The van der Waals surface area contributed by atoms with E-state index < -0.39 is 0 Å². The highest BCUT2D eigenvalue weighted by Crippen LogP contribution is 2.11. The lowest BCUT2D eigenvalue weighted by molar-refractivity contribution is 0.740. The standard InChI is InChI=1S/C10H11N4/c1-2-3-4-5-10-13-8(6-11)9(7-12)14-10/h2-5H2,1H3/q-1. The summed E-state index contributed by atoms with van der Waals surface area (Å²) in [5.41, 5.74) is 0.304. The average Bonchev–Trinajstić information content (AvgIpc) is 2.61. The fourth-order valence-corrected chi connectivity index (χ4v) is 1.19. The Bertz CT molecular complexity index is 364. The van der Waals surface area contributed by atoms with Crippen LogP contribution in [-0.2, 0) is 0 Å². The molecular weight excluding hydrogens is 176 g/mol. The normalized spacial score (nSPS) is 14.4. The number of nitriles is 1. The molecule has 0 atom stereocenters. The second-order valence-electron chi connectivity index (χ2n) is 3.02. The van der Waals surface area contributed by atoms with Crippen molar-refractivity contribution in [2.24, 2.45) is 9.98 Å². The van der Waals surface area contributed by atoms with E-state index in [0.29, 0.717) is 5.84 Å². The van der Waals surface area contributed by atoms with Crippen molar-refractivity contribution in [1.29, 1.82) is 5.26 Å². The predicted octanol–water partition coefficient (Wildman–Crippen LogP) is 2.07. The van der Waals surface area contributed by atoms with Crippen molar-refractivity contribution in [3.63, 3.8) is 0 Å². The quantitative estimate of drug-likeness (QED) is 0.490. The molecule has 0 aromatic rings. The molecule has 1 aliphatic rings. The summed E-state index contributed by atoms with van der Waals surface area (Å²) in [6, 6.07) is 1.86. The summed E-state index contributed by atoms with van der Waals surface area (Å²) < 4.78 is 0. The van der Waals surface area contributed by atoms with Gasteiger partial charge in [-0.3, -0.25) is 0 Å². The molecule has 14 heavy (non-hydrogen) atoms. The fourth-order valence-electron chi connectivity index (χ4n) is 1.19. The highest BCUT2D eigenvalue weighted by atomic mass is 15.0. The van der Waals surface area contributed by atoms with Crippen molar-refractivity contribution in [3.8, 4) is 6.07 Å². The van der Waals surface area contributed by atoms with Crippen molar-refractivity contribution < 1.29 is 0 Å². The summed E-state index contributed by atoms with van der Waals surface area (Å²) >= 11 is 0. The van der Waals surface area contributed by atoms with E-state index in [1.54, 1.807) is 0 Å². The van der Waals surface area contributed by atoms with Gasteiger partial charge in [-0.05, 0) is 6.42 Å². The Morgan fingerprint density at radius 2 is 2.14 bits per heavy atom. The third-order valence-electron chi connectivity index (χ3n) is 1.92. The van der Waals surface area contributed by atoms with E-state index in [9.17, 15) is 0 Å². The molecule has 0 bridgehead atoms. The first-order valence-electron chi connectivity index (χ1n) is 4.65. The van der Waals surface area contributed by atoms with Gasteiger partial charge in [-0.25, -0.2) is 15.9 Å². The lowest BCUT2D eigenvalue weighted by Gasteiger charge is -1.94. The number of nitrogens with zero attached hydrogens (tertiary/aromatic N) is 4. The third kappa shape index (κ3) is 2.38. The van der Waals surface area contributed by atoms with Crippen molar-refractivity contribution in [3.05, 3.63) is 11.1 Å². The summed E-state index contributed by atoms with van der Waals surface area (Å²) in [5.74, 6) is 2.48. The van der Waals surface area contributed by atoms with Gasteiger partial charge in [0.1, 0.15) is 17.6 Å². The molecule has 0 saturated heterocycles. The Labute approximate surface area is 83.2 Å². The Balaban J connectivity index is 2.62. The second-order valence-corrected chi connectivity index (χ2v) is 3.02. The lowest BCUT2D eigenvalue weighted by atomic mass is 10.2. The third-order valence-corrected chi connectivity index (χ3v) is 1.92. The van der Waals surface area contributed by atoms with Gasteiger partial charge < -0.3 is 5.41 Å². The van der Waals surface area contributed by atoms with Crippen LogP contribution in [0, 0.1) is 11.3 Å². The molecule has 1 heterocycles. The van der Waals surface area contributed by atoms with Gasteiger partial charge in [0.2, 0.25) is 0 Å². The molecular formula is C10H11N4-. The zero-order chi connectivity index (χ0) is 10.4. The molecule has 72 valence electrons. The van der Waals surface area contributed by atoms with Crippen LogP contribution < -0.4 is 0 Å². The molecule has 0 unspecified atom stereocenters. The fraction of sp³-hybridized carbons (Fsp3) is 0.500. The second kappa shape index (κ2) is 5.11. The van der Waals surface area contributed by atoms with Crippen LogP contribution in [-0.4, -0.2) is 17.4 Å². The Morgan fingerprint density at radius 3 is 2.64 bits per heavy atom. The number of unbranched alkanes of at least 4 members (excludes halogenated alkanes) is 2. The van der Waals surface area contributed by atoms with E-state index in [-0.39, 0.29) is 11.4 Å². The van der Waals surface area contributed by atoms with Crippen molar-refractivity contribution in [2.75, 3.05) is 0 Å². The van der Waals surface area contributed by atoms with Gasteiger partial charge in [-0.1, -0.05) is 19.8 Å². The lowest BCUT2D eigenvalue weighted by Crippen LogP contribution is -1.93. The molecule has 1 aliphatic heterocycles. The molecule has 0 N–H and O–H groups in total. The van der Waals surface area contributed by atoms with Crippen LogP contribution in [0.15, 0.2) is 15.7 Å². The molecule has 0 radical (unpaired) electrons. The molecule has 0 spiro atoms. The van der Waals surface area contributed by atoms with E-state index >= 15 is 0 Å². The minimum absolute atomic E-state index is 0.152. The number of allylic oxidation sites excluding steroid dienone is 1. The molecule has 0 aromatic heterocycles. The number of aliphatic imine (C=N–C) groups is 2. The van der Waals surface area contributed by atoms with E-state index in [0.717, 1.165) is 25.7 Å². The van der Waals surface area contributed by atoms with Crippen LogP contribution in [0.1, 0.15) is 32.6 Å². The van der Waals surface area contributed by atoms with Gasteiger partial charge in [0, 0.05) is 6.42 Å². The maximum Gasteiger partial charge on any atom is 0.174 e. The van der Waals surface area contributed by atoms with E-state index in [2.05, 4.69) is 16.9 Å². The molecule has 4 heteroatoms. The van der Waals surface area contributed by atoms with Crippen LogP contribution in [0.3, 0.4) is 0 Å². The van der Waals surface area contributed by atoms with Gasteiger partial charge in [0.25, 0.3) is 0 Å². The molecule has 0 fully saturated rings. The molecule has 0 aromatic carbocycles. The maximum atomic E-state index is 8.63. The zero-order valence-electron chi connectivity index (χ0n) is 8.12. The summed E-state index contributed by atoms with van der Waals surface area (Å²) in [6.45, 7) is 2.12. The largest absolute Gasteiger partial charge is 0.761 e. The van der Waals surface area contributed by atoms with Gasteiger partial charge in [0.05, 0.1) is 0 Å². The molecule has 0 saturated carbocycles. The highest BCUT2D eigenvalue weighted by molar-refractivity contribution is 6.24. The Kier molecular flexibility index (Phi) is 3.78. The van der Waals surface area contributed by atoms with Crippen molar-refractivity contribution in [1.82, 2.24) is 0 Å². The van der Waals surface area contributed by atoms with Crippen LogP contribution >= 0.6 is 0 Å². The summed E-state index contributed by atoms with van der Waals surface area (Å²) in [5, 5.41) is 17.3. The zero-order valence-corrected chi connectivity index (χ0v) is 8.12. The number of rotatable bonds is 4. The van der Waals surface area contributed by atoms with E-state index in [4.69, 9.17) is 10.7 Å². The molecule has 4 nitrogen and oxygen atoms in total. The molecule has 0 aliphatic carbocycles. The van der Waals surface area contributed by atoms with Crippen LogP contribution in [0.5, 0.6) is 0 Å². The minimum Gasteiger partial charge on any atom is -0.761 e. The summed E-state index contributed by atoms with van der Waals surface area (Å²) in [7, 11) is 0. The maximum absolute atomic E-state index is 8.63. The van der Waals surface area contributed by atoms with Crippen molar-refractivity contribution >= 4 is 17.4 Å². The van der Waals surface area contributed by atoms with Gasteiger partial charge in [0.15, 0.2) is 5.71 Å². The van der Waals surface area contributed by atoms with Crippen molar-refractivity contribution in [2.45, 2.75) is 32.6 Å². The topological polar surface area (TPSA) is 70.8 Å². The first-order valence-corrected chi connectivity index (χ1v) is 4.65. The van der Waals surface area contributed by atoms with Gasteiger partial charge >= 0.3 is 0 Å². The van der Waals surface area contributed by atoms with Gasteiger partial charge in [-0.2, -0.15) is 5.26 Å². The molecule has 1 rings (SSSR count). The smallest absolute Gasteiger partial charge is 0.174 e. The SMILES string of the molecule is CCCCCC1=NC(=C=[N-])C(C#N)=N1. The summed E-state index contributed by atoms with van der Waals surface area (Å²) in [4.78, 5) is 7.95. The van der Waals surface area contributed by atoms with Crippen LogP contribution in [0.2, 0.25) is 0 Å². The number of hydrogen-bond acceptors (Lipinski definition) is 3. The first kappa shape index (κ1) is 10.4. The van der Waals surface area contributed by atoms with Gasteiger partial charge in [-0.15, -0.1) is 0 Å². The monoisotopic (exact) mass is 187 g/mol. The highest BCUT2D eigenvalue weighted by Gasteiger charge is 2.13. The van der Waals surface area contributed by atoms with Crippen LogP contribution in [0.25, 0.3) is 5.41 Å². The Hall–Kier alpha value is -1.72. The van der Waals surface area contributed by atoms with Crippen LogP contribution in [0.4, 0.5) is 0 Å². The first-order chi connectivity index (χ1) is 6.81. The van der Waals surface area contributed by atoms with E-state index in [1.165, 1.54) is 0 Å². The predicted molar refractivity (Wildman–Crippen MR) is 56.5 cm³/mol.